The van der Waals surface area contributed by atoms with E-state index in [4.69, 9.17) is 14.6 Å². The second-order valence-electron chi connectivity index (χ2n) is 9.55. The smallest absolute Gasteiger partial charge is 0.378 e. The van der Waals surface area contributed by atoms with Crippen molar-refractivity contribution in [3.63, 3.8) is 0 Å². The molecule has 3 rings (SSSR count). The Bertz CT molecular complexity index is 852. The lowest BCUT2D eigenvalue weighted by Gasteiger charge is -2.33. The molecule has 2 aliphatic carbocycles. The summed E-state index contributed by atoms with van der Waals surface area (Å²) in [7, 11) is 0. The fourth-order valence-corrected chi connectivity index (χ4v) is 4.96. The van der Waals surface area contributed by atoms with Gasteiger partial charge in [-0.2, -0.15) is 8.78 Å². The highest BCUT2D eigenvalue weighted by molar-refractivity contribution is 5.93. The van der Waals surface area contributed by atoms with Crippen molar-refractivity contribution in [1.82, 2.24) is 0 Å². The van der Waals surface area contributed by atoms with Gasteiger partial charge in [-0.3, -0.25) is 0 Å². The maximum absolute atomic E-state index is 14.4. The lowest BCUT2D eigenvalue weighted by molar-refractivity contribution is -0.189. The van der Waals surface area contributed by atoms with E-state index in [0.29, 0.717) is 25.7 Å². The molecule has 1 atom stereocenters. The topological polar surface area (TPSA) is 89.9 Å². The van der Waals surface area contributed by atoms with Crippen LogP contribution >= 0.6 is 0 Å². The van der Waals surface area contributed by atoms with E-state index in [1.807, 2.05) is 13.8 Å². The molecule has 2 saturated carbocycles. The number of carbonyl (C=O) groups excluding carboxylic acids is 2. The fourth-order valence-electron chi connectivity index (χ4n) is 4.96. The zero-order valence-electron chi connectivity index (χ0n) is 19.1. The van der Waals surface area contributed by atoms with Gasteiger partial charge in [0.05, 0.1) is 11.1 Å². The van der Waals surface area contributed by atoms with E-state index in [9.17, 15) is 23.2 Å². The summed E-state index contributed by atoms with van der Waals surface area (Å²) >= 11 is 0. The zero-order chi connectivity index (χ0) is 24.2. The molecule has 0 radical (unpaired) electrons. The molecule has 6 nitrogen and oxygen atoms in total. The Morgan fingerprint density at radius 2 is 1.45 bits per heavy atom. The van der Waals surface area contributed by atoms with Crippen LogP contribution in [-0.4, -0.2) is 40.6 Å². The number of esters is 2. The highest BCUT2D eigenvalue weighted by Crippen LogP contribution is 2.40. The predicted molar refractivity (Wildman–Crippen MR) is 116 cm³/mol. The third-order valence-electron chi connectivity index (χ3n) is 7.11. The third kappa shape index (κ3) is 5.53. The molecule has 0 spiro atoms. The van der Waals surface area contributed by atoms with Crippen LogP contribution in [0, 0.1) is 11.8 Å². The van der Waals surface area contributed by atoms with Gasteiger partial charge in [-0.1, -0.05) is 33.1 Å². The molecule has 0 aromatic heterocycles. The maximum Gasteiger partial charge on any atom is 0.378 e. The summed E-state index contributed by atoms with van der Waals surface area (Å²) in [6, 6.07) is 5.42. The van der Waals surface area contributed by atoms with Crippen molar-refractivity contribution in [2.75, 3.05) is 0 Å². The summed E-state index contributed by atoms with van der Waals surface area (Å²) in [5.74, 6) is -8.58. The van der Waals surface area contributed by atoms with Gasteiger partial charge in [0.2, 0.25) is 0 Å². The van der Waals surface area contributed by atoms with Crippen LogP contribution in [0.25, 0.3) is 0 Å². The fraction of sp³-hybridized carbons (Fsp3) is 0.640. The first-order chi connectivity index (χ1) is 15.6. The van der Waals surface area contributed by atoms with Gasteiger partial charge >= 0.3 is 23.8 Å². The Kier molecular flexibility index (Phi) is 7.75. The lowest BCUT2D eigenvalue weighted by Crippen LogP contribution is -2.48. The highest BCUT2D eigenvalue weighted by Gasteiger charge is 2.53. The van der Waals surface area contributed by atoms with E-state index >= 15 is 0 Å². The summed E-state index contributed by atoms with van der Waals surface area (Å²) in [5, 5.41) is 9.01. The second kappa shape index (κ2) is 10.2. The number of hydrogen-bond acceptors (Lipinski definition) is 5. The molecule has 33 heavy (non-hydrogen) atoms. The molecule has 1 unspecified atom stereocenters. The minimum absolute atomic E-state index is 0.0343. The first-order valence-electron chi connectivity index (χ1n) is 11.7. The summed E-state index contributed by atoms with van der Waals surface area (Å²) in [4.78, 5) is 36.4. The molecule has 0 amide bonds. The predicted octanol–water partition coefficient (Wildman–Crippen LogP) is 5.64. The van der Waals surface area contributed by atoms with E-state index < -0.39 is 41.5 Å². The number of carboxylic acids is 1. The zero-order valence-corrected chi connectivity index (χ0v) is 19.1. The van der Waals surface area contributed by atoms with Gasteiger partial charge in [0, 0.05) is 5.92 Å². The Morgan fingerprint density at radius 3 is 1.94 bits per heavy atom. The molecular formula is C25H32F2O6. The Hall–Kier alpha value is -2.51. The van der Waals surface area contributed by atoms with Crippen LogP contribution in [0.1, 0.15) is 92.4 Å². The summed E-state index contributed by atoms with van der Waals surface area (Å²) < 4.78 is 39.7. The Labute approximate surface area is 192 Å². The summed E-state index contributed by atoms with van der Waals surface area (Å²) in [6.07, 6.45) is 4.58. The van der Waals surface area contributed by atoms with Crippen molar-refractivity contribution in [3.8, 4) is 0 Å². The largest absolute Gasteiger partial charge is 0.477 e. The average molecular weight is 467 g/mol. The van der Waals surface area contributed by atoms with Gasteiger partial charge in [0.1, 0.15) is 5.60 Å². The Morgan fingerprint density at radius 1 is 0.939 bits per heavy atom. The van der Waals surface area contributed by atoms with Crippen LogP contribution in [0.4, 0.5) is 8.78 Å². The molecule has 1 aromatic carbocycles. The maximum atomic E-state index is 14.4. The molecule has 8 heteroatoms. The van der Waals surface area contributed by atoms with Crippen LogP contribution in [0.3, 0.4) is 0 Å². The molecule has 1 aromatic rings. The quantitative estimate of drug-likeness (QED) is 0.499. The normalized spacial score (nSPS) is 19.8. The number of carbonyl (C=O) groups is 3. The number of aliphatic carboxylic acids is 1. The van der Waals surface area contributed by atoms with E-state index in [1.165, 1.54) is 24.3 Å². The first-order valence-corrected chi connectivity index (χ1v) is 11.7. The van der Waals surface area contributed by atoms with Gasteiger partial charge in [-0.25, -0.2) is 14.4 Å². The van der Waals surface area contributed by atoms with E-state index in [2.05, 4.69) is 0 Å². The molecule has 1 N–H and O–H groups in total. The van der Waals surface area contributed by atoms with Gasteiger partial charge in [-0.05, 0) is 68.7 Å². The van der Waals surface area contributed by atoms with E-state index in [-0.39, 0.29) is 17.0 Å². The molecule has 0 aliphatic heterocycles. The number of alkyl halides is 2. The number of carboxylic acid groups (broad SMARTS) is 1. The highest BCUT2D eigenvalue weighted by atomic mass is 19.3. The lowest BCUT2D eigenvalue weighted by atomic mass is 9.83. The second-order valence-corrected chi connectivity index (χ2v) is 9.55. The number of hydrogen-bond donors (Lipinski definition) is 1. The van der Waals surface area contributed by atoms with Crippen molar-refractivity contribution in [3.05, 3.63) is 35.4 Å². The minimum atomic E-state index is -4.19. The van der Waals surface area contributed by atoms with Gasteiger partial charge in [0.25, 0.3) is 0 Å². The number of rotatable bonds is 8. The minimum Gasteiger partial charge on any atom is -0.477 e. The van der Waals surface area contributed by atoms with E-state index in [0.717, 1.165) is 32.1 Å². The monoisotopic (exact) mass is 466 g/mol. The van der Waals surface area contributed by atoms with Crippen molar-refractivity contribution in [2.45, 2.75) is 89.3 Å². The van der Waals surface area contributed by atoms with Gasteiger partial charge in [0.15, 0.2) is 6.10 Å². The third-order valence-corrected chi connectivity index (χ3v) is 7.11. The van der Waals surface area contributed by atoms with E-state index in [1.54, 1.807) is 0 Å². The molecule has 0 heterocycles. The summed E-state index contributed by atoms with van der Waals surface area (Å²) in [6.45, 7) is 4.04. The van der Waals surface area contributed by atoms with Gasteiger partial charge in [-0.15, -0.1) is 0 Å². The molecule has 0 saturated heterocycles. The Balaban J connectivity index is 1.71. The van der Waals surface area contributed by atoms with Crippen LogP contribution in [0.5, 0.6) is 0 Å². The molecular weight excluding hydrogens is 434 g/mol. The summed E-state index contributed by atoms with van der Waals surface area (Å²) in [5.41, 5.74) is -0.282. The SMILES string of the molecule is CC(C)C1(OC(=O)c2ccc(C(=O)OC(C3CCCCC3)C(F)(F)C(=O)O)cc2)CCCC1. The standard InChI is InChI=1S/C25H32F2O6/c1-16(2)24(14-6-7-15-24)33-22(29)19-12-10-18(11-13-19)21(28)32-20(25(26,27)23(30)31)17-8-4-3-5-9-17/h10-13,16-17,20H,3-9,14-15H2,1-2H3,(H,30,31). The average Bonchev–Trinajstić information content (AvgIpc) is 3.27. The number of ether oxygens (including phenoxy) is 2. The van der Waals surface area contributed by atoms with Gasteiger partial charge < -0.3 is 14.6 Å². The van der Waals surface area contributed by atoms with Crippen molar-refractivity contribution < 1.29 is 37.7 Å². The first kappa shape index (κ1) is 25.1. The van der Waals surface area contributed by atoms with Crippen LogP contribution in [0.2, 0.25) is 0 Å². The molecule has 2 aliphatic rings. The van der Waals surface area contributed by atoms with Crippen molar-refractivity contribution in [1.29, 1.82) is 0 Å². The molecule has 182 valence electrons. The molecule has 0 bridgehead atoms. The molecule has 2 fully saturated rings. The van der Waals surface area contributed by atoms with Crippen LogP contribution in [-0.2, 0) is 14.3 Å². The van der Waals surface area contributed by atoms with Crippen molar-refractivity contribution >= 4 is 17.9 Å². The van der Waals surface area contributed by atoms with Crippen LogP contribution in [0.15, 0.2) is 24.3 Å². The van der Waals surface area contributed by atoms with Crippen LogP contribution < -0.4 is 0 Å². The number of benzene rings is 1. The number of halogens is 2. The van der Waals surface area contributed by atoms with Crippen molar-refractivity contribution in [2.24, 2.45) is 11.8 Å².